The number of piperidine rings is 1. The van der Waals surface area contributed by atoms with E-state index in [-0.39, 0.29) is 41.7 Å². The lowest BCUT2D eigenvalue weighted by Crippen LogP contribution is -2.48. The Hall–Kier alpha value is -3.33. The highest BCUT2D eigenvalue weighted by Gasteiger charge is 2.48. The minimum atomic E-state index is -0.573. The third-order valence-electron chi connectivity index (χ3n) is 7.92. The summed E-state index contributed by atoms with van der Waals surface area (Å²) >= 11 is 6.17. The van der Waals surface area contributed by atoms with Crippen LogP contribution in [-0.4, -0.2) is 76.7 Å². The highest BCUT2D eigenvalue weighted by molar-refractivity contribution is 6.30. The molecule has 1 saturated carbocycles. The number of carbonyl (C=O) groups excluding carboxylic acids is 3. The van der Waals surface area contributed by atoms with Crippen LogP contribution in [0.4, 0.5) is 14.0 Å². The zero-order valence-electron chi connectivity index (χ0n) is 23.7. The molecule has 3 amide bonds. The highest BCUT2D eigenvalue weighted by Crippen LogP contribution is 2.39. The van der Waals surface area contributed by atoms with E-state index in [2.05, 4.69) is 0 Å². The summed E-state index contributed by atoms with van der Waals surface area (Å²) < 4.78 is 24.6. The van der Waals surface area contributed by atoms with E-state index in [1.165, 1.54) is 24.3 Å². The Morgan fingerprint density at radius 3 is 2.12 bits per heavy atom. The average molecular weight is 586 g/mol. The lowest BCUT2D eigenvalue weighted by Gasteiger charge is -2.34. The Balaban J connectivity index is 1.31. The van der Waals surface area contributed by atoms with Gasteiger partial charge in [0.05, 0.1) is 6.04 Å². The van der Waals surface area contributed by atoms with E-state index < -0.39 is 17.5 Å². The Bertz CT molecular complexity index is 1250. The third kappa shape index (κ3) is 7.12. The molecular weight excluding hydrogens is 549 g/mol. The molecule has 2 aromatic rings. The quantitative estimate of drug-likeness (QED) is 0.425. The predicted molar refractivity (Wildman–Crippen MR) is 152 cm³/mol. The summed E-state index contributed by atoms with van der Waals surface area (Å²) in [5.74, 6) is -0.433. The maximum atomic E-state index is 13.8. The second-order valence-electron chi connectivity index (χ2n) is 12.2. The summed E-state index contributed by atoms with van der Waals surface area (Å²) in [5.41, 5.74) is 0.422. The van der Waals surface area contributed by atoms with Gasteiger partial charge < -0.3 is 19.3 Å². The summed E-state index contributed by atoms with van der Waals surface area (Å²) in [6, 6.07) is 12.7. The lowest BCUT2D eigenvalue weighted by molar-refractivity contribution is -0.136. The van der Waals surface area contributed by atoms with Gasteiger partial charge in [-0.1, -0.05) is 23.7 Å². The minimum Gasteiger partial charge on any atom is -0.444 e. The van der Waals surface area contributed by atoms with Crippen molar-refractivity contribution >= 4 is 29.7 Å². The highest BCUT2D eigenvalue weighted by atomic mass is 35.5. The summed E-state index contributed by atoms with van der Waals surface area (Å²) in [5, 5.41) is 0.614. The van der Waals surface area contributed by atoms with Crippen molar-refractivity contribution in [2.45, 2.75) is 70.1 Å². The molecule has 41 heavy (non-hydrogen) atoms. The van der Waals surface area contributed by atoms with Crippen LogP contribution >= 0.6 is 11.6 Å². The van der Waals surface area contributed by atoms with Gasteiger partial charge in [-0.3, -0.25) is 9.69 Å². The van der Waals surface area contributed by atoms with Crippen LogP contribution in [0.15, 0.2) is 48.5 Å². The topological polar surface area (TPSA) is 79.4 Å². The van der Waals surface area contributed by atoms with E-state index in [0.29, 0.717) is 44.0 Å². The van der Waals surface area contributed by atoms with Crippen LogP contribution < -0.4 is 4.74 Å². The van der Waals surface area contributed by atoms with E-state index in [1.807, 2.05) is 49.9 Å². The fraction of sp³-hybridized carbons (Fsp3) is 0.516. The van der Waals surface area contributed by atoms with Crippen LogP contribution in [0.2, 0.25) is 5.02 Å². The van der Waals surface area contributed by atoms with Crippen molar-refractivity contribution in [2.75, 3.05) is 26.2 Å². The molecule has 0 N–H and O–H groups in total. The van der Waals surface area contributed by atoms with Crippen molar-refractivity contribution in [2.24, 2.45) is 5.92 Å². The van der Waals surface area contributed by atoms with Gasteiger partial charge in [-0.15, -0.1) is 0 Å². The third-order valence-corrected chi connectivity index (χ3v) is 8.17. The number of ether oxygens (including phenoxy) is 2. The number of hydrogen-bond acceptors (Lipinski definition) is 5. The molecule has 5 rings (SSSR count). The molecule has 2 heterocycles. The fourth-order valence-corrected chi connectivity index (χ4v) is 5.87. The van der Waals surface area contributed by atoms with Gasteiger partial charge in [-0.2, -0.15) is 0 Å². The second-order valence-corrected chi connectivity index (χ2v) is 12.6. The smallest absolute Gasteiger partial charge is 0.415 e. The standard InChI is InChI=1S/C31H37ClFN3O5/c1-31(2,3)41-29(38)34-16-14-21(15-17-34)28(37)35-18-26(20-4-6-22(32)7-5-20)27(19-35)36(24-10-11-24)30(39)40-25-12-8-23(33)9-13-25/h4-9,12-13,21,24,26-27H,10-11,14-19H2,1-3H3/t26-,27+/m1/s1. The first-order valence-corrected chi connectivity index (χ1v) is 14.6. The molecular formula is C31H37ClFN3O5. The Labute approximate surface area is 245 Å². The van der Waals surface area contributed by atoms with Crippen LogP contribution in [0.25, 0.3) is 0 Å². The van der Waals surface area contributed by atoms with Gasteiger partial charge in [0, 0.05) is 49.1 Å². The van der Waals surface area contributed by atoms with Crippen molar-refractivity contribution in [1.82, 2.24) is 14.7 Å². The Kier molecular flexibility index (Phi) is 8.45. The second kappa shape index (κ2) is 11.9. The van der Waals surface area contributed by atoms with Gasteiger partial charge in [0.15, 0.2) is 0 Å². The van der Waals surface area contributed by atoms with Gasteiger partial charge in [-0.25, -0.2) is 14.0 Å². The van der Waals surface area contributed by atoms with Crippen molar-refractivity contribution in [3.8, 4) is 5.75 Å². The SMILES string of the molecule is CC(C)(C)OC(=O)N1CCC(C(=O)N2C[C@H](c3ccc(Cl)cc3)[C@@H](N(C(=O)Oc3ccc(F)cc3)C3CC3)C2)CC1. The molecule has 0 radical (unpaired) electrons. The number of likely N-dealkylation sites (tertiary alicyclic amines) is 2. The van der Waals surface area contributed by atoms with Crippen LogP contribution in [0.1, 0.15) is 57.9 Å². The van der Waals surface area contributed by atoms with Crippen molar-refractivity contribution < 1.29 is 28.2 Å². The van der Waals surface area contributed by atoms with Gasteiger partial charge in [0.1, 0.15) is 17.2 Å². The summed E-state index contributed by atoms with van der Waals surface area (Å²) in [6.45, 7) is 7.27. The first-order chi connectivity index (χ1) is 19.5. The van der Waals surface area contributed by atoms with E-state index in [9.17, 15) is 18.8 Å². The molecule has 1 aliphatic carbocycles. The predicted octanol–water partition coefficient (Wildman–Crippen LogP) is 6.08. The normalized spacial score (nSPS) is 21.5. The molecule has 2 saturated heterocycles. The molecule has 0 bridgehead atoms. The molecule has 220 valence electrons. The molecule has 3 aliphatic rings. The maximum Gasteiger partial charge on any atom is 0.415 e. The molecule has 8 nitrogen and oxygen atoms in total. The van der Waals surface area contributed by atoms with Crippen LogP contribution in [0, 0.1) is 11.7 Å². The van der Waals surface area contributed by atoms with Crippen LogP contribution in [0.5, 0.6) is 5.75 Å². The Morgan fingerprint density at radius 1 is 0.902 bits per heavy atom. The molecule has 10 heteroatoms. The molecule has 3 fully saturated rings. The number of halogens is 2. The number of hydrogen-bond donors (Lipinski definition) is 0. The molecule has 0 aromatic heterocycles. The molecule has 2 atom stereocenters. The summed E-state index contributed by atoms with van der Waals surface area (Å²) in [4.78, 5) is 45.1. The number of nitrogens with zero attached hydrogens (tertiary/aromatic N) is 3. The maximum absolute atomic E-state index is 13.8. The molecule has 0 unspecified atom stereocenters. The van der Waals surface area contributed by atoms with E-state index in [0.717, 1.165) is 18.4 Å². The van der Waals surface area contributed by atoms with Crippen molar-refractivity contribution in [3.63, 3.8) is 0 Å². The minimum absolute atomic E-state index is 0.0230. The van der Waals surface area contributed by atoms with Gasteiger partial charge in [0.2, 0.25) is 5.91 Å². The van der Waals surface area contributed by atoms with E-state index >= 15 is 0 Å². The average Bonchev–Trinajstić information content (AvgIpc) is 3.67. The van der Waals surface area contributed by atoms with Crippen LogP contribution in [0.3, 0.4) is 0 Å². The first-order valence-electron chi connectivity index (χ1n) is 14.3. The van der Waals surface area contributed by atoms with Crippen molar-refractivity contribution in [1.29, 1.82) is 0 Å². The van der Waals surface area contributed by atoms with Gasteiger partial charge in [0.25, 0.3) is 0 Å². The number of rotatable bonds is 5. The zero-order valence-corrected chi connectivity index (χ0v) is 24.5. The van der Waals surface area contributed by atoms with Gasteiger partial charge >= 0.3 is 12.2 Å². The number of amides is 3. The Morgan fingerprint density at radius 2 is 1.54 bits per heavy atom. The largest absolute Gasteiger partial charge is 0.444 e. The van der Waals surface area contributed by atoms with E-state index in [1.54, 1.807) is 9.80 Å². The lowest BCUT2D eigenvalue weighted by atomic mass is 9.93. The first kappa shape index (κ1) is 29.2. The summed E-state index contributed by atoms with van der Waals surface area (Å²) in [7, 11) is 0. The van der Waals surface area contributed by atoms with E-state index in [4.69, 9.17) is 21.1 Å². The monoisotopic (exact) mass is 585 g/mol. The molecule has 2 aliphatic heterocycles. The molecule has 0 spiro atoms. The van der Waals surface area contributed by atoms with Gasteiger partial charge in [-0.05, 0) is 88.4 Å². The number of carbonyl (C=O) groups is 3. The molecule has 2 aromatic carbocycles. The zero-order chi connectivity index (χ0) is 29.3. The number of benzene rings is 2. The van der Waals surface area contributed by atoms with Crippen LogP contribution in [-0.2, 0) is 9.53 Å². The summed E-state index contributed by atoms with van der Waals surface area (Å²) in [6.07, 6.45) is 1.99. The fourth-order valence-electron chi connectivity index (χ4n) is 5.74. The van der Waals surface area contributed by atoms with Crippen molar-refractivity contribution in [3.05, 3.63) is 64.9 Å².